The van der Waals surface area contributed by atoms with Crippen LogP contribution in [0.5, 0.6) is 11.5 Å². The second kappa shape index (κ2) is 9.02. The Morgan fingerprint density at radius 3 is 2.00 bits per heavy atom. The number of para-hydroxylation sites is 1. The lowest BCUT2D eigenvalue weighted by molar-refractivity contribution is -0.0499. The predicted octanol–water partition coefficient (Wildman–Crippen LogP) is 7.24. The average Bonchev–Trinajstić information content (AvgIpc) is 3.34. The van der Waals surface area contributed by atoms with Crippen molar-refractivity contribution in [2.24, 2.45) is 0 Å². The molecule has 0 unspecified atom stereocenters. The number of nitrogens with zero attached hydrogens (tertiary/aromatic N) is 2. The number of hydrogen-bond donors (Lipinski definition) is 0. The van der Waals surface area contributed by atoms with E-state index in [1.807, 2.05) is 78.9 Å². The molecule has 5 aromatic carbocycles. The van der Waals surface area contributed by atoms with Gasteiger partial charge in [0.2, 0.25) is 0 Å². The Bertz CT molecular complexity index is 1990. The molecule has 39 heavy (non-hydrogen) atoms. The summed E-state index contributed by atoms with van der Waals surface area (Å²) in [6.07, 6.45) is 0. The molecule has 0 aliphatic carbocycles. The molecule has 0 spiro atoms. The van der Waals surface area contributed by atoms with Crippen molar-refractivity contribution in [1.82, 2.24) is 9.55 Å². The van der Waals surface area contributed by atoms with Crippen molar-refractivity contribution < 1.29 is 30.5 Å². The first kappa shape index (κ1) is 24.7. The van der Waals surface area contributed by atoms with Crippen LogP contribution < -0.4 is 8.92 Å². The number of rotatable bonds is 5. The highest BCUT2D eigenvalue weighted by Gasteiger charge is 2.49. The molecule has 0 aliphatic heterocycles. The van der Waals surface area contributed by atoms with Crippen molar-refractivity contribution in [2.75, 3.05) is 7.11 Å². The maximum Gasteiger partial charge on any atom is 0.534 e. The summed E-state index contributed by atoms with van der Waals surface area (Å²) in [6.45, 7) is 0. The van der Waals surface area contributed by atoms with E-state index in [2.05, 4.69) is 4.18 Å². The maximum absolute atomic E-state index is 13.3. The molecule has 0 amide bonds. The average molecular weight is 549 g/mol. The molecular formula is C29H19F3N2O4S. The molecule has 6 rings (SSSR count). The Morgan fingerprint density at radius 1 is 0.769 bits per heavy atom. The van der Waals surface area contributed by atoms with E-state index in [0.717, 1.165) is 27.6 Å². The topological polar surface area (TPSA) is 70.4 Å². The standard InChI is InChI=1S/C29H19F3N2O4S/c1-37-19-15-16-25(38-39(35,36)29(30,31)32)24(17-19)28-33-26-22-13-7-5-11-20(22)21-12-6-8-14-23(21)27(26)34(28)18-9-3-2-4-10-18/h2-17H,1H3. The molecule has 0 radical (unpaired) electrons. The van der Waals surface area contributed by atoms with Gasteiger partial charge in [0.25, 0.3) is 0 Å². The van der Waals surface area contributed by atoms with Crippen LogP contribution in [-0.4, -0.2) is 30.6 Å². The molecule has 0 N–H and O–H groups in total. The van der Waals surface area contributed by atoms with E-state index in [-0.39, 0.29) is 17.1 Å². The first-order valence-electron chi connectivity index (χ1n) is 11.8. The number of aromatic nitrogens is 2. The fourth-order valence-electron chi connectivity index (χ4n) is 4.76. The highest BCUT2D eigenvalue weighted by Crippen LogP contribution is 2.42. The van der Waals surface area contributed by atoms with Gasteiger partial charge in [0, 0.05) is 16.5 Å². The fraction of sp³-hybridized carbons (Fsp3) is 0.0690. The summed E-state index contributed by atoms with van der Waals surface area (Å²) in [4.78, 5) is 4.92. The van der Waals surface area contributed by atoms with Crippen LogP contribution in [-0.2, 0) is 10.1 Å². The van der Waals surface area contributed by atoms with Crippen LogP contribution in [0.2, 0.25) is 0 Å². The van der Waals surface area contributed by atoms with E-state index in [1.165, 1.54) is 19.2 Å². The molecule has 1 aromatic heterocycles. The van der Waals surface area contributed by atoms with Gasteiger partial charge in [0.15, 0.2) is 5.75 Å². The van der Waals surface area contributed by atoms with Crippen LogP contribution in [0.4, 0.5) is 13.2 Å². The van der Waals surface area contributed by atoms with E-state index in [1.54, 1.807) is 4.57 Å². The van der Waals surface area contributed by atoms with E-state index < -0.39 is 21.4 Å². The first-order chi connectivity index (χ1) is 18.7. The highest BCUT2D eigenvalue weighted by molar-refractivity contribution is 7.88. The molecule has 1 heterocycles. The highest BCUT2D eigenvalue weighted by atomic mass is 32.2. The summed E-state index contributed by atoms with van der Waals surface area (Å²) in [5, 5.41) is 3.61. The third-order valence-electron chi connectivity index (χ3n) is 6.46. The van der Waals surface area contributed by atoms with Crippen molar-refractivity contribution in [3.05, 3.63) is 97.1 Å². The lowest BCUT2D eigenvalue weighted by Crippen LogP contribution is -2.28. The SMILES string of the molecule is COc1ccc(OS(=O)(=O)C(F)(F)F)c(-c2nc3c4ccccc4c4ccccc4c3n2-c2ccccc2)c1. The fourth-order valence-corrected chi connectivity index (χ4v) is 5.24. The molecule has 0 saturated heterocycles. The van der Waals surface area contributed by atoms with Gasteiger partial charge in [-0.1, -0.05) is 66.7 Å². The molecule has 0 bridgehead atoms. The normalized spacial score (nSPS) is 12.3. The third kappa shape index (κ3) is 4.04. The molecule has 6 nitrogen and oxygen atoms in total. The maximum atomic E-state index is 13.3. The minimum absolute atomic E-state index is 0.00962. The van der Waals surface area contributed by atoms with E-state index in [4.69, 9.17) is 9.72 Å². The van der Waals surface area contributed by atoms with E-state index >= 15 is 0 Å². The molecular weight excluding hydrogens is 529 g/mol. The Hall–Kier alpha value is -4.57. The van der Waals surface area contributed by atoms with Gasteiger partial charge in [-0.2, -0.15) is 21.6 Å². The van der Waals surface area contributed by atoms with E-state index in [0.29, 0.717) is 16.7 Å². The van der Waals surface area contributed by atoms with Gasteiger partial charge in [-0.05, 0) is 41.1 Å². The Labute approximate surface area is 221 Å². The number of imidazole rings is 1. The van der Waals surface area contributed by atoms with Crippen LogP contribution in [0.25, 0.3) is 49.7 Å². The zero-order valence-corrected chi connectivity index (χ0v) is 21.1. The minimum atomic E-state index is -5.96. The van der Waals surface area contributed by atoms with Gasteiger partial charge in [-0.3, -0.25) is 4.57 Å². The smallest absolute Gasteiger partial charge is 0.497 e. The Morgan fingerprint density at radius 2 is 1.36 bits per heavy atom. The number of hydrogen-bond acceptors (Lipinski definition) is 5. The predicted molar refractivity (Wildman–Crippen MR) is 144 cm³/mol. The molecule has 0 atom stereocenters. The van der Waals surface area contributed by atoms with Crippen LogP contribution in [0.1, 0.15) is 0 Å². The summed E-state index contributed by atoms with van der Waals surface area (Å²) >= 11 is 0. The summed E-state index contributed by atoms with van der Waals surface area (Å²) in [5.41, 5.74) is -3.64. The van der Waals surface area contributed by atoms with Gasteiger partial charge < -0.3 is 8.92 Å². The van der Waals surface area contributed by atoms with Crippen molar-refractivity contribution in [3.8, 4) is 28.6 Å². The van der Waals surface area contributed by atoms with Crippen LogP contribution in [0, 0.1) is 0 Å². The van der Waals surface area contributed by atoms with Gasteiger partial charge in [-0.15, -0.1) is 0 Å². The number of alkyl halides is 3. The zero-order chi connectivity index (χ0) is 27.4. The van der Waals surface area contributed by atoms with Crippen molar-refractivity contribution >= 4 is 42.7 Å². The first-order valence-corrected chi connectivity index (χ1v) is 13.2. The second-order valence-corrected chi connectivity index (χ2v) is 10.3. The third-order valence-corrected chi connectivity index (χ3v) is 7.42. The number of benzene rings is 5. The van der Waals surface area contributed by atoms with Crippen LogP contribution in [0.3, 0.4) is 0 Å². The van der Waals surface area contributed by atoms with Crippen molar-refractivity contribution in [3.63, 3.8) is 0 Å². The van der Waals surface area contributed by atoms with E-state index in [9.17, 15) is 21.6 Å². The number of fused-ring (bicyclic) bond motifs is 6. The number of halogens is 3. The summed E-state index contributed by atoms with van der Waals surface area (Å²) in [5.74, 6) is -0.0682. The van der Waals surface area contributed by atoms with Gasteiger partial charge >= 0.3 is 15.6 Å². The Kier molecular flexibility index (Phi) is 5.72. The molecule has 0 aliphatic rings. The largest absolute Gasteiger partial charge is 0.534 e. The monoisotopic (exact) mass is 548 g/mol. The zero-order valence-electron chi connectivity index (χ0n) is 20.3. The van der Waals surface area contributed by atoms with Gasteiger partial charge in [0.05, 0.1) is 23.7 Å². The minimum Gasteiger partial charge on any atom is -0.497 e. The van der Waals surface area contributed by atoms with Crippen LogP contribution >= 0.6 is 0 Å². The van der Waals surface area contributed by atoms with Crippen LogP contribution in [0.15, 0.2) is 97.1 Å². The second-order valence-electron chi connectivity index (χ2n) is 8.74. The number of methoxy groups -OCH3 is 1. The molecule has 6 aromatic rings. The molecule has 0 fully saturated rings. The number of ether oxygens (including phenoxy) is 1. The molecule has 196 valence electrons. The quantitative estimate of drug-likeness (QED) is 0.129. The van der Waals surface area contributed by atoms with Gasteiger partial charge in [-0.25, -0.2) is 4.98 Å². The van der Waals surface area contributed by atoms with Crippen molar-refractivity contribution in [1.29, 1.82) is 0 Å². The molecule has 0 saturated carbocycles. The van der Waals surface area contributed by atoms with Gasteiger partial charge in [0.1, 0.15) is 11.6 Å². The lowest BCUT2D eigenvalue weighted by atomic mass is 10.00. The Balaban J connectivity index is 1.78. The molecule has 10 heteroatoms. The summed E-state index contributed by atoms with van der Waals surface area (Å²) in [6, 6.07) is 28.5. The summed E-state index contributed by atoms with van der Waals surface area (Å²) in [7, 11) is -4.56. The van der Waals surface area contributed by atoms with Crippen molar-refractivity contribution in [2.45, 2.75) is 5.51 Å². The summed E-state index contributed by atoms with van der Waals surface area (Å²) < 4.78 is 75.7. The lowest BCUT2D eigenvalue weighted by Gasteiger charge is -2.16.